The van der Waals surface area contributed by atoms with Crippen LogP contribution in [0, 0.1) is 0 Å². The highest BCUT2D eigenvalue weighted by molar-refractivity contribution is 5.77. The summed E-state index contributed by atoms with van der Waals surface area (Å²) in [5.74, 6) is 0.770. The van der Waals surface area contributed by atoms with Gasteiger partial charge in [-0.15, -0.1) is 0 Å². The highest BCUT2D eigenvalue weighted by atomic mass is 16.5. The van der Waals surface area contributed by atoms with Crippen LogP contribution in [0.3, 0.4) is 0 Å². The van der Waals surface area contributed by atoms with Crippen LogP contribution in [0.1, 0.15) is 25.8 Å². The summed E-state index contributed by atoms with van der Waals surface area (Å²) in [6, 6.07) is 7.65. The molecule has 0 aliphatic rings. The number of nitrogens with two attached hydrogens (primary N) is 1. The van der Waals surface area contributed by atoms with Crippen LogP contribution in [0.2, 0.25) is 0 Å². The van der Waals surface area contributed by atoms with Crippen molar-refractivity contribution in [3.63, 3.8) is 0 Å². The summed E-state index contributed by atoms with van der Waals surface area (Å²) in [5.41, 5.74) is 5.97. The van der Waals surface area contributed by atoms with Crippen molar-refractivity contribution in [3.05, 3.63) is 29.8 Å². The second kappa shape index (κ2) is 5.68. The van der Waals surface area contributed by atoms with Gasteiger partial charge in [-0.1, -0.05) is 12.1 Å². The van der Waals surface area contributed by atoms with Gasteiger partial charge in [0.1, 0.15) is 5.75 Å². The van der Waals surface area contributed by atoms with Crippen LogP contribution >= 0.6 is 0 Å². The number of nitrogens with one attached hydrogen (secondary N) is 1. The Morgan fingerprint density at radius 3 is 2.41 bits per heavy atom. The van der Waals surface area contributed by atoms with Crippen molar-refractivity contribution in [1.82, 2.24) is 5.32 Å². The molecule has 0 aliphatic heterocycles. The van der Waals surface area contributed by atoms with Crippen LogP contribution in [-0.4, -0.2) is 19.6 Å². The second-order valence-corrected chi connectivity index (χ2v) is 4.44. The topological polar surface area (TPSA) is 64.3 Å². The molecular formula is C13H20N2O2. The van der Waals surface area contributed by atoms with Crippen LogP contribution in [0.4, 0.5) is 0 Å². The molecule has 0 saturated heterocycles. The summed E-state index contributed by atoms with van der Waals surface area (Å²) >= 11 is 0. The molecule has 1 amide bonds. The lowest BCUT2D eigenvalue weighted by molar-refractivity contribution is -0.122. The molecular weight excluding hydrogens is 216 g/mol. The van der Waals surface area contributed by atoms with Crippen molar-refractivity contribution in [1.29, 1.82) is 0 Å². The largest absolute Gasteiger partial charge is 0.497 e. The van der Waals surface area contributed by atoms with Crippen molar-refractivity contribution in [3.8, 4) is 5.75 Å². The summed E-state index contributed by atoms with van der Waals surface area (Å²) in [7, 11) is 1.63. The van der Waals surface area contributed by atoms with Crippen LogP contribution in [0.25, 0.3) is 0 Å². The third kappa shape index (κ3) is 3.75. The van der Waals surface area contributed by atoms with E-state index >= 15 is 0 Å². The molecule has 94 valence electrons. The van der Waals surface area contributed by atoms with Crippen molar-refractivity contribution in [2.75, 3.05) is 13.7 Å². The van der Waals surface area contributed by atoms with E-state index < -0.39 is 5.54 Å². The number of ether oxygens (including phenoxy) is 1. The predicted molar refractivity (Wildman–Crippen MR) is 67.8 cm³/mol. The fourth-order valence-corrected chi connectivity index (χ4v) is 1.62. The van der Waals surface area contributed by atoms with Crippen LogP contribution in [0.15, 0.2) is 24.3 Å². The zero-order chi connectivity index (χ0) is 12.9. The standard InChI is InChI=1S/C13H20N2O2/c1-13(2,15-12(16)8-9-14)10-4-6-11(17-3)7-5-10/h4-7H,8-9,14H2,1-3H3,(H,15,16). The molecule has 0 bridgehead atoms. The van der Waals surface area contributed by atoms with Gasteiger partial charge in [0.15, 0.2) is 0 Å². The smallest absolute Gasteiger partial charge is 0.221 e. The fourth-order valence-electron chi connectivity index (χ4n) is 1.62. The Kier molecular flexibility index (Phi) is 4.52. The molecule has 1 rings (SSSR count). The maximum absolute atomic E-state index is 11.5. The van der Waals surface area contributed by atoms with Gasteiger partial charge in [0, 0.05) is 13.0 Å². The first-order valence-electron chi connectivity index (χ1n) is 5.65. The molecule has 4 nitrogen and oxygen atoms in total. The van der Waals surface area contributed by atoms with Gasteiger partial charge in [-0.2, -0.15) is 0 Å². The number of benzene rings is 1. The Hall–Kier alpha value is -1.55. The van der Waals surface area contributed by atoms with E-state index in [1.165, 1.54) is 0 Å². The highest BCUT2D eigenvalue weighted by Gasteiger charge is 2.22. The zero-order valence-corrected chi connectivity index (χ0v) is 10.6. The molecule has 1 aromatic rings. The number of rotatable bonds is 5. The first-order valence-corrected chi connectivity index (χ1v) is 5.65. The van der Waals surface area contributed by atoms with E-state index in [0.717, 1.165) is 11.3 Å². The van der Waals surface area contributed by atoms with Gasteiger partial charge in [-0.25, -0.2) is 0 Å². The first-order chi connectivity index (χ1) is 7.99. The summed E-state index contributed by atoms with van der Waals surface area (Å²) in [5, 5.41) is 2.95. The Balaban J connectivity index is 2.77. The summed E-state index contributed by atoms with van der Waals surface area (Å²) in [6.07, 6.45) is 0.347. The predicted octanol–water partition coefficient (Wildman–Crippen LogP) is 1.40. The molecule has 0 radical (unpaired) electrons. The summed E-state index contributed by atoms with van der Waals surface area (Å²) in [6.45, 7) is 4.29. The highest BCUT2D eigenvalue weighted by Crippen LogP contribution is 2.22. The maximum atomic E-state index is 11.5. The Bertz CT molecular complexity index is 372. The summed E-state index contributed by atoms with van der Waals surface area (Å²) in [4.78, 5) is 11.5. The molecule has 0 unspecified atom stereocenters. The zero-order valence-electron chi connectivity index (χ0n) is 10.6. The third-order valence-electron chi connectivity index (χ3n) is 2.64. The van der Waals surface area contributed by atoms with Gasteiger partial charge in [-0.05, 0) is 31.5 Å². The van der Waals surface area contributed by atoms with E-state index in [4.69, 9.17) is 10.5 Å². The minimum absolute atomic E-state index is 0.0340. The van der Waals surface area contributed by atoms with Gasteiger partial charge in [0.2, 0.25) is 5.91 Å². The van der Waals surface area contributed by atoms with E-state index in [1.54, 1.807) is 7.11 Å². The molecule has 3 N–H and O–H groups in total. The van der Waals surface area contributed by atoms with Gasteiger partial charge in [-0.3, -0.25) is 4.79 Å². The Morgan fingerprint density at radius 2 is 1.94 bits per heavy atom. The minimum atomic E-state index is -0.404. The molecule has 17 heavy (non-hydrogen) atoms. The van der Waals surface area contributed by atoms with Crippen LogP contribution in [-0.2, 0) is 10.3 Å². The molecule has 0 fully saturated rings. The lowest BCUT2D eigenvalue weighted by Gasteiger charge is -2.27. The number of hydrogen-bond donors (Lipinski definition) is 2. The average Bonchev–Trinajstić information content (AvgIpc) is 2.28. The molecule has 0 heterocycles. The van der Waals surface area contributed by atoms with Crippen molar-refractivity contribution < 1.29 is 9.53 Å². The average molecular weight is 236 g/mol. The lowest BCUT2D eigenvalue weighted by Crippen LogP contribution is -2.41. The van der Waals surface area contributed by atoms with Crippen molar-refractivity contribution >= 4 is 5.91 Å². The van der Waals surface area contributed by atoms with Crippen LogP contribution < -0.4 is 15.8 Å². The van der Waals surface area contributed by atoms with Gasteiger partial charge in [0.25, 0.3) is 0 Å². The van der Waals surface area contributed by atoms with E-state index in [1.807, 2.05) is 38.1 Å². The van der Waals surface area contributed by atoms with E-state index in [2.05, 4.69) is 5.32 Å². The molecule has 0 atom stereocenters. The molecule has 1 aromatic carbocycles. The molecule has 0 aliphatic carbocycles. The first kappa shape index (κ1) is 13.5. The maximum Gasteiger partial charge on any atom is 0.221 e. The Labute approximate surface area is 102 Å². The van der Waals surface area contributed by atoms with Crippen molar-refractivity contribution in [2.24, 2.45) is 5.73 Å². The molecule has 4 heteroatoms. The number of carbonyl (C=O) groups excluding carboxylic acids is 1. The SMILES string of the molecule is COc1ccc(C(C)(C)NC(=O)CCN)cc1. The number of carbonyl (C=O) groups is 1. The monoisotopic (exact) mass is 236 g/mol. The minimum Gasteiger partial charge on any atom is -0.497 e. The van der Waals surface area contributed by atoms with E-state index in [0.29, 0.717) is 13.0 Å². The van der Waals surface area contributed by atoms with E-state index in [9.17, 15) is 4.79 Å². The number of amides is 1. The van der Waals surface area contributed by atoms with Crippen LogP contribution in [0.5, 0.6) is 5.75 Å². The van der Waals surface area contributed by atoms with Crippen molar-refractivity contribution in [2.45, 2.75) is 25.8 Å². The lowest BCUT2D eigenvalue weighted by atomic mass is 9.94. The number of methoxy groups -OCH3 is 1. The Morgan fingerprint density at radius 1 is 1.35 bits per heavy atom. The molecule has 0 aromatic heterocycles. The quantitative estimate of drug-likeness (QED) is 0.812. The number of hydrogen-bond acceptors (Lipinski definition) is 3. The fraction of sp³-hybridized carbons (Fsp3) is 0.462. The normalized spacial score (nSPS) is 11.1. The van der Waals surface area contributed by atoms with E-state index in [-0.39, 0.29) is 5.91 Å². The molecule has 0 spiro atoms. The third-order valence-corrected chi connectivity index (χ3v) is 2.64. The molecule has 0 saturated carbocycles. The van der Waals surface area contributed by atoms with Gasteiger partial charge < -0.3 is 15.8 Å². The van der Waals surface area contributed by atoms with Gasteiger partial charge >= 0.3 is 0 Å². The van der Waals surface area contributed by atoms with Gasteiger partial charge in [0.05, 0.1) is 12.6 Å². The second-order valence-electron chi connectivity index (χ2n) is 4.44. The summed E-state index contributed by atoms with van der Waals surface area (Å²) < 4.78 is 5.10.